The van der Waals surface area contributed by atoms with Crippen molar-refractivity contribution in [3.63, 3.8) is 0 Å². The van der Waals surface area contributed by atoms with E-state index in [0.717, 1.165) is 19.3 Å². The molecule has 18 heavy (non-hydrogen) atoms. The number of nitrogens with zero attached hydrogens (tertiary/aromatic N) is 1. The Morgan fingerprint density at radius 1 is 1.44 bits per heavy atom. The monoisotopic (exact) mass is 254 g/mol. The van der Waals surface area contributed by atoms with Crippen LogP contribution >= 0.6 is 0 Å². The van der Waals surface area contributed by atoms with E-state index in [9.17, 15) is 4.79 Å². The van der Waals surface area contributed by atoms with E-state index in [2.05, 4.69) is 30.8 Å². The van der Waals surface area contributed by atoms with Gasteiger partial charge in [0.25, 0.3) is 6.26 Å². The topological polar surface area (TPSA) is 71.3 Å². The Kier molecular flexibility index (Phi) is 4.44. The molecule has 1 amide bonds. The molecule has 0 saturated heterocycles. The van der Waals surface area contributed by atoms with E-state index < -0.39 is 6.09 Å². The summed E-state index contributed by atoms with van der Waals surface area (Å²) in [5.74, 6) is 0. The molecular weight excluding hydrogens is 232 g/mol. The van der Waals surface area contributed by atoms with Gasteiger partial charge in [0.05, 0.1) is 7.11 Å². The zero-order valence-corrected chi connectivity index (χ0v) is 11.6. The maximum absolute atomic E-state index is 11.3. The van der Waals surface area contributed by atoms with Crippen LogP contribution in [0.3, 0.4) is 0 Å². The van der Waals surface area contributed by atoms with Crippen molar-refractivity contribution < 1.29 is 14.3 Å². The standard InChI is InChI=1S/C13H22N2O3/c1-12(2)5-10(15-11(16)17-4)6-13(3,7-12)8-18-9-14/h10H,5-8H2,1-4H3,(H,15,16). The Morgan fingerprint density at radius 2 is 2.11 bits per heavy atom. The molecule has 0 radical (unpaired) electrons. The van der Waals surface area contributed by atoms with Crippen LogP contribution in [0.15, 0.2) is 0 Å². The first-order valence-corrected chi connectivity index (χ1v) is 6.16. The van der Waals surface area contributed by atoms with E-state index in [-0.39, 0.29) is 16.9 Å². The second kappa shape index (κ2) is 5.47. The second-order valence-corrected chi connectivity index (χ2v) is 6.27. The minimum Gasteiger partial charge on any atom is -0.453 e. The fourth-order valence-corrected chi connectivity index (χ4v) is 3.28. The van der Waals surface area contributed by atoms with Gasteiger partial charge in [-0.1, -0.05) is 20.8 Å². The predicted octanol–water partition coefficient (Wildman–Crippen LogP) is 2.43. The molecule has 0 aromatic carbocycles. The summed E-state index contributed by atoms with van der Waals surface area (Å²) in [5, 5.41) is 11.4. The molecule has 0 aromatic heterocycles. The molecule has 0 bridgehead atoms. The van der Waals surface area contributed by atoms with Gasteiger partial charge in [-0.25, -0.2) is 4.79 Å². The van der Waals surface area contributed by atoms with Crippen molar-refractivity contribution in [3.8, 4) is 6.26 Å². The van der Waals surface area contributed by atoms with Crippen LogP contribution in [0.1, 0.15) is 40.0 Å². The average molecular weight is 254 g/mol. The van der Waals surface area contributed by atoms with E-state index in [1.165, 1.54) is 7.11 Å². The molecule has 1 aliphatic rings. The van der Waals surface area contributed by atoms with Crippen molar-refractivity contribution in [2.45, 2.75) is 46.1 Å². The molecule has 5 heteroatoms. The van der Waals surface area contributed by atoms with E-state index in [1.807, 2.05) is 0 Å². The van der Waals surface area contributed by atoms with Gasteiger partial charge in [0.15, 0.2) is 0 Å². The van der Waals surface area contributed by atoms with Crippen LogP contribution < -0.4 is 5.32 Å². The lowest BCUT2D eigenvalue weighted by Gasteiger charge is -2.45. The maximum Gasteiger partial charge on any atom is 0.407 e. The first-order valence-electron chi connectivity index (χ1n) is 6.16. The molecule has 2 atom stereocenters. The summed E-state index contributed by atoms with van der Waals surface area (Å²) in [6.45, 7) is 6.83. The summed E-state index contributed by atoms with van der Waals surface area (Å²) in [6, 6.07) is 0.0634. The SMILES string of the molecule is COC(=O)NC1CC(C)(C)CC(C)(COC#N)C1. The van der Waals surface area contributed by atoms with Crippen LogP contribution in [-0.2, 0) is 9.47 Å². The molecule has 102 valence electrons. The van der Waals surface area contributed by atoms with Gasteiger partial charge in [-0.15, -0.1) is 0 Å². The third-order valence-electron chi connectivity index (χ3n) is 3.44. The van der Waals surface area contributed by atoms with Crippen molar-refractivity contribution in [1.82, 2.24) is 5.32 Å². The van der Waals surface area contributed by atoms with E-state index in [1.54, 1.807) is 6.26 Å². The predicted molar refractivity (Wildman–Crippen MR) is 66.6 cm³/mol. The molecule has 0 aromatic rings. The van der Waals surface area contributed by atoms with Gasteiger partial charge in [-0.05, 0) is 24.7 Å². The molecule has 1 aliphatic carbocycles. The molecule has 0 aliphatic heterocycles. The Balaban J connectivity index is 2.71. The van der Waals surface area contributed by atoms with Crippen LogP contribution in [0.25, 0.3) is 0 Å². The number of ether oxygens (including phenoxy) is 2. The smallest absolute Gasteiger partial charge is 0.407 e. The summed E-state index contributed by atoms with van der Waals surface area (Å²) in [4.78, 5) is 11.3. The van der Waals surface area contributed by atoms with Gasteiger partial charge in [-0.2, -0.15) is 5.26 Å². The van der Waals surface area contributed by atoms with Crippen molar-refractivity contribution in [1.29, 1.82) is 5.26 Å². The van der Waals surface area contributed by atoms with E-state index in [0.29, 0.717) is 6.61 Å². The largest absolute Gasteiger partial charge is 0.453 e. The van der Waals surface area contributed by atoms with Crippen molar-refractivity contribution in [2.75, 3.05) is 13.7 Å². The number of carbonyl (C=O) groups excluding carboxylic acids is 1. The maximum atomic E-state index is 11.3. The van der Waals surface area contributed by atoms with E-state index >= 15 is 0 Å². The first kappa shape index (κ1) is 14.6. The molecule has 5 nitrogen and oxygen atoms in total. The van der Waals surface area contributed by atoms with Gasteiger partial charge in [0, 0.05) is 11.5 Å². The second-order valence-electron chi connectivity index (χ2n) is 6.27. The lowest BCUT2D eigenvalue weighted by atomic mass is 9.63. The Labute approximate surface area is 108 Å². The molecular formula is C13H22N2O3. The summed E-state index contributed by atoms with van der Waals surface area (Å²) in [6.07, 6.45) is 4.00. The number of carbonyl (C=O) groups is 1. The number of hydrogen-bond donors (Lipinski definition) is 1. The van der Waals surface area contributed by atoms with Gasteiger partial charge < -0.3 is 14.8 Å². The third kappa shape index (κ3) is 4.10. The normalized spacial score (nSPS) is 30.1. The molecule has 1 N–H and O–H groups in total. The highest BCUT2D eigenvalue weighted by molar-refractivity contribution is 5.67. The number of nitrogens with one attached hydrogen (secondary N) is 1. The minimum absolute atomic E-state index is 0.0634. The summed E-state index contributed by atoms with van der Waals surface area (Å²) in [5.41, 5.74) is 0.0146. The van der Waals surface area contributed by atoms with Gasteiger partial charge in [-0.3, -0.25) is 0 Å². The fourth-order valence-electron chi connectivity index (χ4n) is 3.28. The number of nitriles is 1. The van der Waals surface area contributed by atoms with Crippen molar-refractivity contribution >= 4 is 6.09 Å². The highest BCUT2D eigenvalue weighted by atomic mass is 16.5. The molecule has 0 spiro atoms. The number of amides is 1. The molecule has 0 heterocycles. The quantitative estimate of drug-likeness (QED) is 0.785. The highest BCUT2D eigenvalue weighted by Gasteiger charge is 2.42. The minimum atomic E-state index is -0.402. The van der Waals surface area contributed by atoms with Gasteiger partial charge >= 0.3 is 6.09 Å². The molecule has 2 unspecified atom stereocenters. The highest BCUT2D eigenvalue weighted by Crippen LogP contribution is 2.46. The third-order valence-corrected chi connectivity index (χ3v) is 3.44. The number of methoxy groups -OCH3 is 1. The van der Waals surface area contributed by atoms with Crippen LogP contribution in [0.2, 0.25) is 0 Å². The van der Waals surface area contributed by atoms with Crippen LogP contribution in [0.4, 0.5) is 4.79 Å². The Hall–Kier alpha value is -1.44. The van der Waals surface area contributed by atoms with Gasteiger partial charge in [0.1, 0.15) is 6.61 Å². The first-order chi connectivity index (χ1) is 8.30. The lowest BCUT2D eigenvalue weighted by Crippen LogP contribution is -2.48. The molecule has 1 saturated carbocycles. The van der Waals surface area contributed by atoms with Crippen molar-refractivity contribution in [3.05, 3.63) is 0 Å². The van der Waals surface area contributed by atoms with Crippen LogP contribution in [-0.4, -0.2) is 25.9 Å². The summed E-state index contributed by atoms with van der Waals surface area (Å²) >= 11 is 0. The van der Waals surface area contributed by atoms with Crippen molar-refractivity contribution in [2.24, 2.45) is 10.8 Å². The zero-order valence-electron chi connectivity index (χ0n) is 11.6. The number of rotatable bonds is 3. The van der Waals surface area contributed by atoms with Crippen LogP contribution in [0.5, 0.6) is 0 Å². The Morgan fingerprint density at radius 3 is 2.67 bits per heavy atom. The molecule has 1 fully saturated rings. The summed E-state index contributed by atoms with van der Waals surface area (Å²) < 4.78 is 9.55. The lowest BCUT2D eigenvalue weighted by molar-refractivity contribution is 0.0204. The van der Waals surface area contributed by atoms with E-state index in [4.69, 9.17) is 10.00 Å². The summed E-state index contributed by atoms with van der Waals surface area (Å²) in [7, 11) is 1.36. The number of hydrogen-bond acceptors (Lipinski definition) is 4. The Bertz CT molecular complexity index is 349. The average Bonchev–Trinajstić information content (AvgIpc) is 2.23. The molecule has 1 rings (SSSR count). The number of alkyl carbamates (subject to hydrolysis) is 1. The zero-order chi connectivity index (χ0) is 13.8. The van der Waals surface area contributed by atoms with Crippen LogP contribution in [0, 0.1) is 22.3 Å². The fraction of sp³-hybridized carbons (Fsp3) is 0.846. The van der Waals surface area contributed by atoms with Gasteiger partial charge in [0.2, 0.25) is 0 Å².